The number of carbonyl (C=O) groups is 1. The number of esters is 1. The van der Waals surface area contributed by atoms with Gasteiger partial charge in [-0.1, -0.05) is 31.9 Å². The van der Waals surface area contributed by atoms with Crippen molar-refractivity contribution < 1.29 is 9.53 Å². The van der Waals surface area contributed by atoms with Gasteiger partial charge >= 0.3 is 5.97 Å². The fraction of sp³-hybridized carbons (Fsp3) is 0.545. The Morgan fingerprint density at radius 2 is 2.50 bits per heavy atom. The van der Waals surface area contributed by atoms with E-state index in [2.05, 4.69) is 28.9 Å². The Balaban J connectivity index is 2.52. The molecule has 86 valence electrons. The molecule has 0 fully saturated rings. The topological polar surface area (TPSA) is 57.0 Å². The summed E-state index contributed by atoms with van der Waals surface area (Å²) in [5.41, 5.74) is 0.878. The van der Waals surface area contributed by atoms with Crippen molar-refractivity contribution >= 4 is 5.97 Å². The predicted octanol–water partition coefficient (Wildman–Crippen LogP) is 1.00. The van der Waals surface area contributed by atoms with Crippen LogP contribution in [0.5, 0.6) is 0 Å². The molecular formula is C11H15N3O2. The van der Waals surface area contributed by atoms with Gasteiger partial charge in [-0.15, -0.1) is 5.10 Å². The van der Waals surface area contributed by atoms with Crippen LogP contribution in [0.2, 0.25) is 0 Å². The van der Waals surface area contributed by atoms with E-state index in [1.54, 1.807) is 6.20 Å². The maximum Gasteiger partial charge on any atom is 0.341 e. The molecule has 0 aliphatic rings. The van der Waals surface area contributed by atoms with Gasteiger partial charge in [-0.2, -0.15) is 0 Å². The smallest absolute Gasteiger partial charge is 0.341 e. The third-order valence-electron chi connectivity index (χ3n) is 2.30. The van der Waals surface area contributed by atoms with Gasteiger partial charge in [0.2, 0.25) is 0 Å². The van der Waals surface area contributed by atoms with Crippen molar-refractivity contribution in [1.29, 1.82) is 0 Å². The van der Waals surface area contributed by atoms with Crippen LogP contribution in [0, 0.1) is 18.4 Å². The van der Waals surface area contributed by atoms with Gasteiger partial charge in [0, 0.05) is 6.20 Å². The summed E-state index contributed by atoms with van der Waals surface area (Å²) in [5, 5.41) is 7.79. The molecule has 0 spiro atoms. The molecule has 0 radical (unpaired) electrons. The highest BCUT2D eigenvalue weighted by Crippen LogP contribution is 2.08. The summed E-state index contributed by atoms with van der Waals surface area (Å²) in [6.07, 6.45) is 10.3. The second-order valence-corrected chi connectivity index (χ2v) is 3.72. The fourth-order valence-electron chi connectivity index (χ4n) is 1.24. The minimum absolute atomic E-state index is 0.00228. The maximum absolute atomic E-state index is 11.0. The highest BCUT2D eigenvalue weighted by molar-refractivity contribution is 5.70. The second-order valence-electron chi connectivity index (χ2n) is 3.72. The van der Waals surface area contributed by atoms with Crippen molar-refractivity contribution in [1.82, 2.24) is 15.0 Å². The first-order chi connectivity index (χ1) is 7.65. The summed E-state index contributed by atoms with van der Waals surface area (Å²) >= 11 is 0. The van der Waals surface area contributed by atoms with Crippen molar-refractivity contribution in [3.8, 4) is 12.5 Å². The molecule has 16 heavy (non-hydrogen) atoms. The third-order valence-corrected chi connectivity index (χ3v) is 2.30. The normalized spacial score (nSPS) is 11.8. The molecule has 5 nitrogen and oxygen atoms in total. The predicted molar refractivity (Wildman–Crippen MR) is 58.1 cm³/mol. The Hall–Kier alpha value is -1.83. The SMILES string of the molecule is C#COC(=O)Cn1cc(CC(C)CC)nn1. The number of carbonyl (C=O) groups excluding carboxylic acids is 1. The van der Waals surface area contributed by atoms with E-state index in [1.807, 2.05) is 6.11 Å². The van der Waals surface area contributed by atoms with Crippen LogP contribution < -0.4 is 0 Å². The van der Waals surface area contributed by atoms with Crippen molar-refractivity contribution in [2.24, 2.45) is 5.92 Å². The van der Waals surface area contributed by atoms with Crippen LogP contribution in [0.4, 0.5) is 0 Å². The molecule has 0 aliphatic heterocycles. The molecule has 0 bridgehead atoms. The van der Waals surface area contributed by atoms with Gasteiger partial charge in [-0.05, 0) is 12.3 Å². The van der Waals surface area contributed by atoms with E-state index in [4.69, 9.17) is 6.42 Å². The molecule has 0 aliphatic carbocycles. The van der Waals surface area contributed by atoms with Gasteiger partial charge < -0.3 is 4.74 Å². The number of ether oxygens (including phenoxy) is 1. The fourth-order valence-corrected chi connectivity index (χ4v) is 1.24. The van der Waals surface area contributed by atoms with Crippen molar-refractivity contribution in [3.05, 3.63) is 11.9 Å². The molecule has 0 N–H and O–H groups in total. The summed E-state index contributed by atoms with van der Waals surface area (Å²) < 4.78 is 5.79. The molecule has 0 amide bonds. The van der Waals surface area contributed by atoms with Crippen LogP contribution in [0.25, 0.3) is 0 Å². The van der Waals surface area contributed by atoms with Crippen LogP contribution in [0.15, 0.2) is 6.20 Å². The summed E-state index contributed by atoms with van der Waals surface area (Å²) in [5.74, 6) is 0.0466. The van der Waals surface area contributed by atoms with Crippen LogP contribution in [-0.4, -0.2) is 21.0 Å². The van der Waals surface area contributed by atoms with Crippen LogP contribution in [-0.2, 0) is 22.5 Å². The second kappa shape index (κ2) is 5.91. The first kappa shape index (κ1) is 12.2. The number of rotatable bonds is 5. The molecule has 0 saturated carbocycles. The standard InChI is InChI=1S/C11H15N3O2/c1-4-9(3)6-10-7-14(13-12-10)8-11(15)16-5-2/h2,7,9H,4,6,8H2,1,3H3. The number of aromatic nitrogens is 3. The molecule has 1 unspecified atom stereocenters. The van der Waals surface area contributed by atoms with Gasteiger partial charge in [0.15, 0.2) is 0 Å². The van der Waals surface area contributed by atoms with E-state index < -0.39 is 5.97 Å². The maximum atomic E-state index is 11.0. The number of nitrogens with zero attached hydrogens (tertiary/aromatic N) is 3. The lowest BCUT2D eigenvalue weighted by molar-refractivity contribution is -0.137. The Morgan fingerprint density at radius 3 is 3.12 bits per heavy atom. The monoisotopic (exact) mass is 221 g/mol. The summed E-state index contributed by atoms with van der Waals surface area (Å²) in [6, 6.07) is 0. The van der Waals surface area contributed by atoms with Gasteiger partial charge in [-0.3, -0.25) is 0 Å². The number of terminal acetylenes is 1. The average Bonchev–Trinajstić information content (AvgIpc) is 2.65. The molecule has 0 aromatic carbocycles. The lowest BCUT2D eigenvalue weighted by Crippen LogP contribution is -2.11. The number of hydrogen-bond donors (Lipinski definition) is 0. The minimum atomic E-state index is -0.512. The van der Waals surface area contributed by atoms with Crippen LogP contribution in [0.3, 0.4) is 0 Å². The third kappa shape index (κ3) is 3.73. The zero-order valence-electron chi connectivity index (χ0n) is 9.51. The van der Waals surface area contributed by atoms with E-state index in [0.29, 0.717) is 5.92 Å². The van der Waals surface area contributed by atoms with Gasteiger partial charge in [0.25, 0.3) is 0 Å². The van der Waals surface area contributed by atoms with Crippen LogP contribution >= 0.6 is 0 Å². The van der Waals surface area contributed by atoms with Gasteiger partial charge in [0.05, 0.1) is 5.69 Å². The molecule has 1 aromatic rings. The highest BCUT2D eigenvalue weighted by Gasteiger charge is 2.08. The van der Waals surface area contributed by atoms with Gasteiger partial charge in [-0.25, -0.2) is 9.48 Å². The van der Waals surface area contributed by atoms with Gasteiger partial charge in [0.1, 0.15) is 12.7 Å². The van der Waals surface area contributed by atoms with Crippen molar-refractivity contribution in [3.63, 3.8) is 0 Å². The lowest BCUT2D eigenvalue weighted by Gasteiger charge is -2.03. The first-order valence-corrected chi connectivity index (χ1v) is 5.20. The summed E-state index contributed by atoms with van der Waals surface area (Å²) in [4.78, 5) is 11.0. The largest absolute Gasteiger partial charge is 0.371 e. The first-order valence-electron chi connectivity index (χ1n) is 5.20. The molecular weight excluding hydrogens is 206 g/mol. The van der Waals surface area contributed by atoms with Crippen molar-refractivity contribution in [2.45, 2.75) is 33.2 Å². The van der Waals surface area contributed by atoms with E-state index in [-0.39, 0.29) is 6.54 Å². The Morgan fingerprint density at radius 1 is 1.75 bits per heavy atom. The molecule has 1 rings (SSSR count). The highest BCUT2D eigenvalue weighted by atomic mass is 16.5. The molecule has 1 aromatic heterocycles. The molecule has 1 atom stereocenters. The summed E-state index contributed by atoms with van der Waals surface area (Å²) in [6.45, 7) is 4.27. The molecule has 0 saturated heterocycles. The Bertz CT molecular complexity index is 392. The van der Waals surface area contributed by atoms with E-state index in [9.17, 15) is 4.79 Å². The van der Waals surface area contributed by atoms with E-state index in [0.717, 1.165) is 18.5 Å². The zero-order chi connectivity index (χ0) is 12.0. The average molecular weight is 221 g/mol. The molecule has 1 heterocycles. The quantitative estimate of drug-likeness (QED) is 0.550. The summed E-state index contributed by atoms with van der Waals surface area (Å²) in [7, 11) is 0. The zero-order valence-corrected chi connectivity index (χ0v) is 9.51. The van der Waals surface area contributed by atoms with E-state index in [1.165, 1.54) is 4.68 Å². The number of hydrogen-bond acceptors (Lipinski definition) is 4. The Kier molecular flexibility index (Phi) is 4.52. The van der Waals surface area contributed by atoms with Crippen molar-refractivity contribution in [2.75, 3.05) is 0 Å². The Labute approximate surface area is 94.8 Å². The minimum Gasteiger partial charge on any atom is -0.371 e. The molecule has 5 heteroatoms. The van der Waals surface area contributed by atoms with E-state index >= 15 is 0 Å². The van der Waals surface area contributed by atoms with Crippen LogP contribution in [0.1, 0.15) is 26.0 Å². The lowest BCUT2D eigenvalue weighted by atomic mass is 10.0.